The number of hydrogen-bond acceptors (Lipinski definition) is 2. The lowest BCUT2D eigenvalue weighted by molar-refractivity contribution is -0.137. The molecule has 2 aromatic carbocycles. The van der Waals surface area contributed by atoms with Crippen molar-refractivity contribution in [3.05, 3.63) is 71.9 Å². The molecule has 6 heteroatoms. The zero-order valence-corrected chi connectivity index (χ0v) is 11.5. The summed E-state index contributed by atoms with van der Waals surface area (Å²) < 4.78 is 39.5. The molecule has 22 heavy (non-hydrogen) atoms. The van der Waals surface area contributed by atoms with Gasteiger partial charge >= 0.3 is 6.18 Å². The normalized spacial score (nSPS) is 11.6. The fourth-order valence-corrected chi connectivity index (χ4v) is 2.18. The minimum absolute atomic E-state index is 0.511. The average molecular weight is 303 g/mol. The maximum Gasteiger partial charge on any atom is 0.416 e. The molecule has 0 aliphatic rings. The lowest BCUT2D eigenvalue weighted by Crippen LogP contribution is -2.05. The third-order valence-electron chi connectivity index (χ3n) is 3.30. The first-order chi connectivity index (χ1) is 10.5. The highest BCUT2D eigenvalue weighted by Crippen LogP contribution is 2.30. The molecule has 3 rings (SSSR count). The number of aromatic nitrogens is 3. The van der Waals surface area contributed by atoms with E-state index in [0.29, 0.717) is 17.8 Å². The van der Waals surface area contributed by atoms with Crippen LogP contribution < -0.4 is 0 Å². The first kappa shape index (κ1) is 14.3. The van der Waals surface area contributed by atoms with Gasteiger partial charge in [0.25, 0.3) is 0 Å². The second-order valence-electron chi connectivity index (χ2n) is 4.84. The third kappa shape index (κ3) is 3.00. The van der Waals surface area contributed by atoms with Gasteiger partial charge < -0.3 is 0 Å². The smallest absolute Gasteiger partial charge is 0.240 e. The fourth-order valence-electron chi connectivity index (χ4n) is 2.18. The average Bonchev–Trinajstić information content (AvgIpc) is 2.96. The molecule has 0 bridgehead atoms. The van der Waals surface area contributed by atoms with Gasteiger partial charge in [0.15, 0.2) is 0 Å². The van der Waals surface area contributed by atoms with Crippen LogP contribution >= 0.6 is 0 Å². The molecule has 0 saturated heterocycles. The van der Waals surface area contributed by atoms with Gasteiger partial charge in [0.05, 0.1) is 24.0 Å². The van der Waals surface area contributed by atoms with Gasteiger partial charge in [0.1, 0.15) is 0 Å². The number of halogens is 3. The molecule has 0 aliphatic heterocycles. The first-order valence-electron chi connectivity index (χ1n) is 6.64. The Kier molecular flexibility index (Phi) is 3.66. The molecule has 3 nitrogen and oxygen atoms in total. The Morgan fingerprint density at radius 1 is 0.909 bits per heavy atom. The van der Waals surface area contributed by atoms with E-state index in [2.05, 4.69) is 10.3 Å². The molecule has 0 atom stereocenters. The Bertz CT molecular complexity index is 746. The van der Waals surface area contributed by atoms with Crippen molar-refractivity contribution in [3.8, 4) is 11.3 Å². The van der Waals surface area contributed by atoms with Gasteiger partial charge in [0, 0.05) is 5.56 Å². The van der Waals surface area contributed by atoms with Gasteiger partial charge in [-0.1, -0.05) is 47.7 Å². The van der Waals surface area contributed by atoms with Gasteiger partial charge in [-0.05, 0) is 17.7 Å². The lowest BCUT2D eigenvalue weighted by Gasteiger charge is -2.09. The highest BCUT2D eigenvalue weighted by atomic mass is 19.4. The summed E-state index contributed by atoms with van der Waals surface area (Å²) in [4.78, 5) is 0. The molecule has 0 radical (unpaired) electrons. The summed E-state index contributed by atoms with van der Waals surface area (Å²) in [6.45, 7) is 0.511. The summed E-state index contributed by atoms with van der Waals surface area (Å²) in [5.41, 5.74) is 1.70. The highest BCUT2D eigenvalue weighted by Gasteiger charge is 2.30. The number of hydrogen-bond donors (Lipinski definition) is 0. The molecule has 0 saturated carbocycles. The van der Waals surface area contributed by atoms with Crippen LogP contribution in [0.1, 0.15) is 11.1 Å². The van der Waals surface area contributed by atoms with Crippen LogP contribution in [0, 0.1) is 0 Å². The van der Waals surface area contributed by atoms with Crippen LogP contribution in [-0.4, -0.2) is 15.0 Å². The van der Waals surface area contributed by atoms with Crippen molar-refractivity contribution >= 4 is 0 Å². The van der Waals surface area contributed by atoms with Crippen molar-refractivity contribution in [1.29, 1.82) is 0 Å². The molecule has 0 amide bonds. The molecular weight excluding hydrogens is 291 g/mol. The monoisotopic (exact) mass is 303 g/mol. The number of benzene rings is 2. The molecule has 1 heterocycles. The van der Waals surface area contributed by atoms with E-state index < -0.39 is 11.7 Å². The SMILES string of the molecule is FC(F)(F)c1ccc(-c2cnnn2Cc2ccccc2)cc1. The largest absolute Gasteiger partial charge is 0.416 e. The summed E-state index contributed by atoms with van der Waals surface area (Å²) in [6, 6.07) is 14.7. The van der Waals surface area contributed by atoms with Crippen molar-refractivity contribution in [3.63, 3.8) is 0 Å². The summed E-state index contributed by atoms with van der Waals surface area (Å²) >= 11 is 0. The summed E-state index contributed by atoms with van der Waals surface area (Å²) in [7, 11) is 0. The predicted octanol–water partition coefficient (Wildman–Crippen LogP) is 4.01. The quantitative estimate of drug-likeness (QED) is 0.732. The van der Waals surface area contributed by atoms with E-state index in [4.69, 9.17) is 0 Å². The summed E-state index contributed by atoms with van der Waals surface area (Å²) in [5, 5.41) is 7.86. The van der Waals surface area contributed by atoms with Crippen LogP contribution in [0.25, 0.3) is 11.3 Å². The maximum atomic E-state index is 12.6. The number of rotatable bonds is 3. The van der Waals surface area contributed by atoms with E-state index in [0.717, 1.165) is 17.7 Å². The Balaban J connectivity index is 1.89. The first-order valence-corrected chi connectivity index (χ1v) is 6.64. The fraction of sp³-hybridized carbons (Fsp3) is 0.125. The van der Waals surface area contributed by atoms with Crippen LogP contribution in [0.3, 0.4) is 0 Å². The molecule has 0 N–H and O–H groups in total. The van der Waals surface area contributed by atoms with Gasteiger partial charge in [-0.25, -0.2) is 4.68 Å². The number of alkyl halides is 3. The molecule has 0 aliphatic carbocycles. The highest BCUT2D eigenvalue weighted by molar-refractivity contribution is 5.59. The van der Waals surface area contributed by atoms with Crippen molar-refractivity contribution in [2.24, 2.45) is 0 Å². The van der Waals surface area contributed by atoms with Crippen molar-refractivity contribution in [2.45, 2.75) is 12.7 Å². The second-order valence-corrected chi connectivity index (χ2v) is 4.84. The van der Waals surface area contributed by atoms with Gasteiger partial charge in [-0.2, -0.15) is 13.2 Å². The maximum absolute atomic E-state index is 12.6. The van der Waals surface area contributed by atoms with Gasteiger partial charge in [0.2, 0.25) is 0 Å². The van der Waals surface area contributed by atoms with E-state index >= 15 is 0 Å². The van der Waals surface area contributed by atoms with E-state index in [-0.39, 0.29) is 0 Å². The van der Waals surface area contributed by atoms with Gasteiger partial charge in [-0.3, -0.25) is 0 Å². The zero-order valence-electron chi connectivity index (χ0n) is 11.5. The van der Waals surface area contributed by atoms with Crippen LogP contribution in [0.2, 0.25) is 0 Å². The predicted molar refractivity (Wildman–Crippen MR) is 76.0 cm³/mol. The van der Waals surface area contributed by atoms with Crippen LogP contribution in [0.4, 0.5) is 13.2 Å². The second kappa shape index (κ2) is 5.63. The van der Waals surface area contributed by atoms with Crippen LogP contribution in [0.15, 0.2) is 60.8 Å². The van der Waals surface area contributed by atoms with Crippen molar-refractivity contribution in [2.75, 3.05) is 0 Å². The van der Waals surface area contributed by atoms with Crippen LogP contribution in [0.5, 0.6) is 0 Å². The zero-order chi connectivity index (χ0) is 15.6. The summed E-state index contributed by atoms with van der Waals surface area (Å²) in [6.07, 6.45) is -2.79. The van der Waals surface area contributed by atoms with E-state index in [1.165, 1.54) is 12.1 Å². The Labute approximate surface area is 125 Å². The minimum Gasteiger partial charge on any atom is -0.240 e. The Morgan fingerprint density at radius 2 is 1.59 bits per heavy atom. The van der Waals surface area contributed by atoms with E-state index in [9.17, 15) is 13.2 Å². The van der Waals surface area contributed by atoms with Crippen molar-refractivity contribution < 1.29 is 13.2 Å². The van der Waals surface area contributed by atoms with Crippen molar-refractivity contribution in [1.82, 2.24) is 15.0 Å². The Morgan fingerprint density at radius 3 is 2.23 bits per heavy atom. The van der Waals surface area contributed by atoms with E-state index in [1.807, 2.05) is 30.3 Å². The molecule has 112 valence electrons. The lowest BCUT2D eigenvalue weighted by atomic mass is 10.1. The molecule has 0 fully saturated rings. The standard InChI is InChI=1S/C16H12F3N3/c17-16(18,19)14-8-6-13(7-9-14)15-10-20-21-22(15)11-12-4-2-1-3-5-12/h1-10H,11H2. The topological polar surface area (TPSA) is 30.7 Å². The Hall–Kier alpha value is -2.63. The third-order valence-corrected chi connectivity index (χ3v) is 3.30. The molecule has 1 aromatic heterocycles. The minimum atomic E-state index is -4.33. The summed E-state index contributed by atoms with van der Waals surface area (Å²) in [5.74, 6) is 0. The van der Waals surface area contributed by atoms with Crippen LogP contribution in [-0.2, 0) is 12.7 Å². The molecule has 0 unspecified atom stereocenters. The molecule has 0 spiro atoms. The molecular formula is C16H12F3N3. The molecule has 3 aromatic rings. The number of nitrogens with zero attached hydrogens (tertiary/aromatic N) is 3. The van der Waals surface area contributed by atoms with Gasteiger partial charge in [-0.15, -0.1) is 5.10 Å². The van der Waals surface area contributed by atoms with E-state index in [1.54, 1.807) is 10.9 Å².